The summed E-state index contributed by atoms with van der Waals surface area (Å²) in [5.74, 6) is -0.445. The smallest absolute Gasteiger partial charge is 0.215 e. The Kier molecular flexibility index (Phi) is 10.7. The number of pyridine rings is 1. The molecule has 0 radical (unpaired) electrons. The molecule has 0 bridgehead atoms. The van der Waals surface area contributed by atoms with Gasteiger partial charge in [0.2, 0.25) is 5.79 Å². The number of para-hydroxylation sites is 1. The van der Waals surface area contributed by atoms with E-state index in [2.05, 4.69) is 58.0 Å². The number of nitrogens with zero attached hydrogens (tertiary/aromatic N) is 1. The minimum atomic E-state index is -0.757. The summed E-state index contributed by atoms with van der Waals surface area (Å²) in [7, 11) is 0. The largest absolute Gasteiger partial charge is 0.345 e. The predicted octanol–water partition coefficient (Wildman–Crippen LogP) is 7.63. The van der Waals surface area contributed by atoms with Gasteiger partial charge in [0.05, 0.1) is 5.52 Å². The molecule has 0 saturated carbocycles. The molecule has 0 fully saturated rings. The second-order valence-electron chi connectivity index (χ2n) is 7.96. The first-order valence-electron chi connectivity index (χ1n) is 11.9. The van der Waals surface area contributed by atoms with E-state index in [0.717, 1.165) is 35.9 Å². The quantitative estimate of drug-likeness (QED) is 0.228. The van der Waals surface area contributed by atoms with Gasteiger partial charge in [0.15, 0.2) is 0 Å². The molecule has 2 rings (SSSR count). The summed E-state index contributed by atoms with van der Waals surface area (Å²) in [4.78, 5) is 5.01. The van der Waals surface area contributed by atoms with Crippen LogP contribution in [0.2, 0.25) is 0 Å². The molecule has 29 heavy (non-hydrogen) atoms. The van der Waals surface area contributed by atoms with Crippen molar-refractivity contribution in [1.29, 1.82) is 0 Å². The van der Waals surface area contributed by atoms with Gasteiger partial charge in [-0.25, -0.2) is 4.98 Å². The number of rotatable bonds is 15. The highest BCUT2D eigenvalue weighted by Gasteiger charge is 2.43. The number of fused-ring (bicyclic) bond motifs is 1. The molecule has 0 aliphatic heterocycles. The molecule has 3 heteroatoms. The van der Waals surface area contributed by atoms with Gasteiger partial charge in [-0.3, -0.25) is 0 Å². The zero-order valence-corrected chi connectivity index (χ0v) is 19.1. The fourth-order valence-corrected chi connectivity index (χ4v) is 4.37. The lowest BCUT2D eigenvalue weighted by Crippen LogP contribution is -2.42. The third kappa shape index (κ3) is 6.52. The maximum atomic E-state index is 6.43. The van der Waals surface area contributed by atoms with Crippen LogP contribution >= 0.6 is 0 Å². The minimum absolute atomic E-state index is 0.312. The molecule has 3 nitrogen and oxygen atoms in total. The number of hydrogen-bond donors (Lipinski definition) is 0. The molecule has 162 valence electrons. The lowest BCUT2D eigenvalue weighted by atomic mass is 9.85. The Morgan fingerprint density at radius 1 is 0.759 bits per heavy atom. The van der Waals surface area contributed by atoms with Crippen LogP contribution in [0, 0.1) is 5.92 Å². The Balaban J connectivity index is 2.29. The van der Waals surface area contributed by atoms with Crippen LogP contribution in [0.25, 0.3) is 10.9 Å². The number of benzene rings is 1. The molecule has 0 N–H and O–H groups in total. The van der Waals surface area contributed by atoms with Crippen LogP contribution in [-0.4, -0.2) is 18.2 Å². The van der Waals surface area contributed by atoms with Crippen molar-refractivity contribution in [3.8, 4) is 0 Å². The topological polar surface area (TPSA) is 31.4 Å². The third-order valence-corrected chi connectivity index (χ3v) is 5.75. The van der Waals surface area contributed by atoms with Crippen molar-refractivity contribution in [2.75, 3.05) is 13.2 Å². The molecule has 0 spiro atoms. The van der Waals surface area contributed by atoms with Crippen LogP contribution < -0.4 is 0 Å². The highest BCUT2D eigenvalue weighted by molar-refractivity contribution is 5.78. The van der Waals surface area contributed by atoms with E-state index >= 15 is 0 Å². The Labute approximate surface area is 178 Å². The van der Waals surface area contributed by atoms with Crippen LogP contribution in [0.1, 0.15) is 91.2 Å². The third-order valence-electron chi connectivity index (χ3n) is 5.75. The van der Waals surface area contributed by atoms with Gasteiger partial charge in [-0.05, 0) is 38.8 Å². The molecule has 0 amide bonds. The second kappa shape index (κ2) is 13.0. The van der Waals surface area contributed by atoms with E-state index in [1.165, 1.54) is 38.5 Å². The van der Waals surface area contributed by atoms with Crippen molar-refractivity contribution < 1.29 is 9.47 Å². The van der Waals surface area contributed by atoms with Crippen LogP contribution in [0.15, 0.2) is 36.4 Å². The molecule has 1 unspecified atom stereocenters. The lowest BCUT2D eigenvalue weighted by Gasteiger charge is -2.40. The fourth-order valence-electron chi connectivity index (χ4n) is 4.37. The number of unbranched alkanes of at least 4 members (excludes halogenated alkanes) is 5. The van der Waals surface area contributed by atoms with Crippen molar-refractivity contribution >= 4 is 10.9 Å². The first-order chi connectivity index (χ1) is 14.2. The summed E-state index contributed by atoms with van der Waals surface area (Å²) in [6, 6.07) is 12.5. The molecular formula is C26H41NO2. The standard InChI is InChI=1S/C26H41NO2/c1-5-9-10-11-12-13-18-23(16-6-2)26(28-7-3,29-8-4)25-21-20-22-17-14-15-19-24(22)27-25/h14-15,17,19-21,23H,5-13,16,18H2,1-4H3. The summed E-state index contributed by atoms with van der Waals surface area (Å²) in [6.45, 7) is 9.87. The van der Waals surface area contributed by atoms with E-state index in [0.29, 0.717) is 19.1 Å². The van der Waals surface area contributed by atoms with Gasteiger partial charge in [-0.2, -0.15) is 0 Å². The molecule has 2 aromatic rings. The summed E-state index contributed by atoms with van der Waals surface area (Å²) < 4.78 is 12.9. The van der Waals surface area contributed by atoms with Crippen LogP contribution in [0.4, 0.5) is 0 Å². The van der Waals surface area contributed by atoms with Crippen LogP contribution in [0.5, 0.6) is 0 Å². The highest BCUT2D eigenvalue weighted by atomic mass is 16.7. The maximum Gasteiger partial charge on any atom is 0.215 e. The van der Waals surface area contributed by atoms with E-state index in [1.54, 1.807) is 0 Å². The molecule has 0 aliphatic rings. The zero-order chi connectivity index (χ0) is 21.0. The van der Waals surface area contributed by atoms with Crippen molar-refractivity contribution in [2.45, 2.75) is 91.3 Å². The summed E-state index contributed by atoms with van der Waals surface area (Å²) in [6.07, 6.45) is 11.2. The molecule has 1 atom stereocenters. The van der Waals surface area contributed by atoms with Crippen LogP contribution in [-0.2, 0) is 15.3 Å². The first kappa shape index (κ1) is 23.8. The monoisotopic (exact) mass is 399 g/mol. The number of ether oxygens (including phenoxy) is 2. The predicted molar refractivity (Wildman–Crippen MR) is 123 cm³/mol. The van der Waals surface area contributed by atoms with Gasteiger partial charge in [0, 0.05) is 24.5 Å². The molecule has 0 saturated heterocycles. The average molecular weight is 400 g/mol. The summed E-state index contributed by atoms with van der Waals surface area (Å²) >= 11 is 0. The van der Waals surface area contributed by atoms with E-state index < -0.39 is 5.79 Å². The SMILES string of the molecule is CCCCCCCCC(CCC)C(OCC)(OCC)c1ccc2ccccc2n1. The van der Waals surface area contributed by atoms with Gasteiger partial charge in [-0.15, -0.1) is 0 Å². The van der Waals surface area contributed by atoms with Gasteiger partial charge in [0.1, 0.15) is 5.69 Å². The zero-order valence-electron chi connectivity index (χ0n) is 19.1. The molecule has 1 aromatic heterocycles. The fraction of sp³-hybridized carbons (Fsp3) is 0.654. The lowest BCUT2D eigenvalue weighted by molar-refractivity contribution is -0.279. The Bertz CT molecular complexity index is 694. The van der Waals surface area contributed by atoms with Crippen molar-refractivity contribution in [3.05, 3.63) is 42.1 Å². The van der Waals surface area contributed by atoms with Gasteiger partial charge >= 0.3 is 0 Å². The van der Waals surface area contributed by atoms with E-state index in [-0.39, 0.29) is 0 Å². The summed E-state index contributed by atoms with van der Waals surface area (Å²) in [5, 5.41) is 1.15. The summed E-state index contributed by atoms with van der Waals surface area (Å²) in [5.41, 5.74) is 1.92. The number of aromatic nitrogens is 1. The Morgan fingerprint density at radius 3 is 2.14 bits per heavy atom. The first-order valence-corrected chi connectivity index (χ1v) is 11.9. The molecule has 0 aliphatic carbocycles. The molecular weight excluding hydrogens is 358 g/mol. The van der Waals surface area contributed by atoms with Crippen LogP contribution in [0.3, 0.4) is 0 Å². The van der Waals surface area contributed by atoms with E-state index in [4.69, 9.17) is 14.5 Å². The van der Waals surface area contributed by atoms with E-state index in [1.807, 2.05) is 6.07 Å². The van der Waals surface area contributed by atoms with Gasteiger partial charge in [0.25, 0.3) is 0 Å². The van der Waals surface area contributed by atoms with E-state index in [9.17, 15) is 0 Å². The molecule has 1 heterocycles. The van der Waals surface area contributed by atoms with Crippen molar-refractivity contribution in [2.24, 2.45) is 5.92 Å². The van der Waals surface area contributed by atoms with Crippen molar-refractivity contribution in [1.82, 2.24) is 4.98 Å². The van der Waals surface area contributed by atoms with Gasteiger partial charge < -0.3 is 9.47 Å². The average Bonchev–Trinajstić information content (AvgIpc) is 2.75. The normalized spacial score (nSPS) is 13.1. The van der Waals surface area contributed by atoms with Gasteiger partial charge in [-0.1, -0.05) is 83.1 Å². The molecule has 1 aromatic carbocycles. The Morgan fingerprint density at radius 2 is 1.45 bits per heavy atom. The number of hydrogen-bond acceptors (Lipinski definition) is 3. The minimum Gasteiger partial charge on any atom is -0.345 e. The van der Waals surface area contributed by atoms with Crippen molar-refractivity contribution in [3.63, 3.8) is 0 Å². The maximum absolute atomic E-state index is 6.43. The Hall–Kier alpha value is -1.45. The highest BCUT2D eigenvalue weighted by Crippen LogP contribution is 2.40. The second-order valence-corrected chi connectivity index (χ2v) is 7.96.